The van der Waals surface area contributed by atoms with Gasteiger partial charge in [-0.1, -0.05) is 41.6 Å². The predicted molar refractivity (Wildman–Crippen MR) is 74.6 cm³/mol. The summed E-state index contributed by atoms with van der Waals surface area (Å²) < 4.78 is 13.9. The zero-order chi connectivity index (χ0) is 13.1. The van der Waals surface area contributed by atoms with Crippen molar-refractivity contribution in [2.24, 2.45) is 5.73 Å². The molecule has 0 spiro atoms. The fraction of sp³-hybridized carbons (Fsp3) is 0.143. The molecule has 2 N–H and O–H groups in total. The zero-order valence-electron chi connectivity index (χ0n) is 9.86. The number of hydrogen-bond donors (Lipinski definition) is 1. The van der Waals surface area contributed by atoms with Crippen molar-refractivity contribution >= 4 is 23.4 Å². The van der Waals surface area contributed by atoms with Crippen LogP contribution in [0.5, 0.6) is 0 Å². The van der Waals surface area contributed by atoms with Gasteiger partial charge in [-0.25, -0.2) is 4.39 Å². The first-order chi connectivity index (χ1) is 8.58. The lowest BCUT2D eigenvalue weighted by molar-refractivity contribution is 0.591. The van der Waals surface area contributed by atoms with Gasteiger partial charge in [-0.15, -0.1) is 0 Å². The summed E-state index contributed by atoms with van der Waals surface area (Å²) in [5, 5.41) is 0.638. The molecule has 0 bridgehead atoms. The quantitative estimate of drug-likeness (QED) is 0.886. The van der Waals surface area contributed by atoms with Crippen molar-refractivity contribution in [3.63, 3.8) is 0 Å². The molecule has 2 aromatic rings. The third kappa shape index (κ3) is 3.05. The molecule has 1 unspecified atom stereocenters. The molecule has 0 saturated carbocycles. The Kier molecular flexibility index (Phi) is 4.27. The van der Waals surface area contributed by atoms with Crippen LogP contribution in [-0.2, 0) is 0 Å². The first-order valence-electron chi connectivity index (χ1n) is 5.55. The lowest BCUT2D eigenvalue weighted by Crippen LogP contribution is -2.07. The average molecular weight is 282 g/mol. The molecule has 1 nitrogen and oxygen atoms in total. The summed E-state index contributed by atoms with van der Waals surface area (Å²) in [7, 11) is 0. The van der Waals surface area contributed by atoms with Gasteiger partial charge in [0.05, 0.1) is 4.90 Å². The molecule has 4 heteroatoms. The highest BCUT2D eigenvalue weighted by Gasteiger charge is 2.13. The molecule has 0 aliphatic carbocycles. The van der Waals surface area contributed by atoms with Crippen LogP contribution in [0.25, 0.3) is 0 Å². The van der Waals surface area contributed by atoms with E-state index in [0.29, 0.717) is 9.92 Å². The van der Waals surface area contributed by atoms with E-state index in [9.17, 15) is 4.39 Å². The maximum atomic E-state index is 13.9. The van der Waals surface area contributed by atoms with Gasteiger partial charge in [-0.2, -0.15) is 0 Å². The molecule has 0 amide bonds. The Bertz CT molecular complexity index is 557. The summed E-state index contributed by atoms with van der Waals surface area (Å²) in [6.45, 7) is 1.84. The SMILES string of the molecule is CC(N)c1cccc(F)c1Sc1cccc(Cl)c1. The summed E-state index contributed by atoms with van der Waals surface area (Å²) >= 11 is 7.27. The average Bonchev–Trinajstić information content (AvgIpc) is 2.31. The van der Waals surface area contributed by atoms with E-state index in [-0.39, 0.29) is 11.9 Å². The Labute approximate surface area is 115 Å². The van der Waals surface area contributed by atoms with Crippen LogP contribution < -0.4 is 5.73 Å². The normalized spacial score (nSPS) is 12.4. The Hall–Kier alpha value is -1.03. The lowest BCUT2D eigenvalue weighted by Gasteiger charge is -2.13. The lowest BCUT2D eigenvalue weighted by atomic mass is 10.1. The minimum atomic E-state index is -0.255. The van der Waals surface area contributed by atoms with Gasteiger partial charge >= 0.3 is 0 Å². The summed E-state index contributed by atoms with van der Waals surface area (Å²) in [5.41, 5.74) is 6.67. The Balaban J connectivity index is 2.39. The van der Waals surface area contributed by atoms with Crippen molar-refractivity contribution in [1.29, 1.82) is 0 Å². The Morgan fingerprint density at radius 2 is 1.94 bits per heavy atom. The number of benzene rings is 2. The summed E-state index contributed by atoms with van der Waals surface area (Å²) in [5.74, 6) is -0.255. The van der Waals surface area contributed by atoms with Gasteiger partial charge in [0.2, 0.25) is 0 Å². The van der Waals surface area contributed by atoms with E-state index >= 15 is 0 Å². The van der Waals surface area contributed by atoms with E-state index in [1.807, 2.05) is 31.2 Å². The molecular formula is C14H13ClFNS. The van der Waals surface area contributed by atoms with E-state index < -0.39 is 0 Å². The molecule has 0 saturated heterocycles. The molecule has 0 radical (unpaired) electrons. The third-order valence-corrected chi connectivity index (χ3v) is 3.86. The number of halogens is 2. The highest BCUT2D eigenvalue weighted by Crippen LogP contribution is 2.35. The minimum Gasteiger partial charge on any atom is -0.324 e. The van der Waals surface area contributed by atoms with Gasteiger partial charge in [0.15, 0.2) is 0 Å². The summed E-state index contributed by atoms with van der Waals surface area (Å²) in [6, 6.07) is 12.1. The molecular weight excluding hydrogens is 269 g/mol. The second-order valence-electron chi connectivity index (χ2n) is 4.01. The molecule has 18 heavy (non-hydrogen) atoms. The zero-order valence-corrected chi connectivity index (χ0v) is 11.4. The van der Waals surface area contributed by atoms with Gasteiger partial charge < -0.3 is 5.73 Å². The van der Waals surface area contributed by atoms with Crippen LogP contribution >= 0.6 is 23.4 Å². The molecule has 0 fully saturated rings. The maximum Gasteiger partial charge on any atom is 0.137 e. The fourth-order valence-corrected chi connectivity index (χ4v) is 3.00. The topological polar surface area (TPSA) is 26.0 Å². The van der Waals surface area contributed by atoms with Crippen LogP contribution in [0.3, 0.4) is 0 Å². The van der Waals surface area contributed by atoms with Gasteiger partial charge in [0.25, 0.3) is 0 Å². The molecule has 2 aromatic carbocycles. The molecule has 0 aromatic heterocycles. The second kappa shape index (κ2) is 5.74. The van der Waals surface area contributed by atoms with E-state index in [1.165, 1.54) is 17.8 Å². The fourth-order valence-electron chi connectivity index (χ4n) is 1.64. The van der Waals surface area contributed by atoms with Crippen LogP contribution in [0.15, 0.2) is 52.3 Å². The molecule has 0 aliphatic rings. The van der Waals surface area contributed by atoms with Crippen molar-refractivity contribution in [2.75, 3.05) is 0 Å². The van der Waals surface area contributed by atoms with E-state index in [2.05, 4.69) is 0 Å². The van der Waals surface area contributed by atoms with E-state index in [4.69, 9.17) is 17.3 Å². The molecule has 1 atom stereocenters. The Morgan fingerprint density at radius 3 is 2.61 bits per heavy atom. The van der Waals surface area contributed by atoms with Crippen molar-refractivity contribution in [3.8, 4) is 0 Å². The number of rotatable bonds is 3. The largest absolute Gasteiger partial charge is 0.324 e. The van der Waals surface area contributed by atoms with Crippen LogP contribution in [0.1, 0.15) is 18.5 Å². The minimum absolute atomic E-state index is 0.206. The van der Waals surface area contributed by atoms with Gasteiger partial charge in [0, 0.05) is 16.0 Å². The van der Waals surface area contributed by atoms with Crippen LogP contribution in [0, 0.1) is 5.82 Å². The highest BCUT2D eigenvalue weighted by molar-refractivity contribution is 7.99. The van der Waals surface area contributed by atoms with Crippen molar-refractivity contribution in [2.45, 2.75) is 22.8 Å². The van der Waals surface area contributed by atoms with E-state index in [1.54, 1.807) is 12.1 Å². The number of hydrogen-bond acceptors (Lipinski definition) is 2. The van der Waals surface area contributed by atoms with Crippen molar-refractivity contribution < 1.29 is 4.39 Å². The molecule has 0 heterocycles. The summed E-state index contributed by atoms with van der Waals surface area (Å²) in [6.07, 6.45) is 0. The van der Waals surface area contributed by atoms with Gasteiger partial charge in [0.1, 0.15) is 5.82 Å². The first kappa shape index (κ1) is 13.4. The second-order valence-corrected chi connectivity index (χ2v) is 5.53. The van der Waals surface area contributed by atoms with E-state index in [0.717, 1.165) is 10.5 Å². The van der Waals surface area contributed by atoms with Crippen LogP contribution in [-0.4, -0.2) is 0 Å². The third-order valence-electron chi connectivity index (χ3n) is 2.50. The Morgan fingerprint density at radius 1 is 1.22 bits per heavy atom. The van der Waals surface area contributed by atoms with Crippen molar-refractivity contribution in [1.82, 2.24) is 0 Å². The molecule has 0 aliphatic heterocycles. The standard InChI is InChI=1S/C14H13ClFNS/c1-9(17)12-6-3-7-13(16)14(12)18-11-5-2-4-10(15)8-11/h2-9H,17H2,1H3. The van der Waals surface area contributed by atoms with Crippen molar-refractivity contribution in [3.05, 3.63) is 58.9 Å². The van der Waals surface area contributed by atoms with Crippen LogP contribution in [0.4, 0.5) is 4.39 Å². The van der Waals surface area contributed by atoms with Gasteiger partial charge in [-0.3, -0.25) is 0 Å². The monoisotopic (exact) mass is 281 g/mol. The predicted octanol–water partition coefficient (Wildman–Crippen LogP) is 4.65. The maximum absolute atomic E-state index is 13.9. The summed E-state index contributed by atoms with van der Waals surface area (Å²) in [4.78, 5) is 1.46. The first-order valence-corrected chi connectivity index (χ1v) is 6.75. The molecule has 94 valence electrons. The molecule has 2 rings (SSSR count). The highest BCUT2D eigenvalue weighted by atomic mass is 35.5. The number of nitrogens with two attached hydrogens (primary N) is 1. The smallest absolute Gasteiger partial charge is 0.137 e. The van der Waals surface area contributed by atoms with Gasteiger partial charge in [-0.05, 0) is 36.8 Å². The van der Waals surface area contributed by atoms with Crippen LogP contribution in [0.2, 0.25) is 5.02 Å².